The molecule has 11 aromatic carbocycles. The van der Waals surface area contributed by atoms with Gasteiger partial charge in [-0.3, -0.25) is 0 Å². The predicted octanol–water partition coefficient (Wildman–Crippen LogP) is 17.5. The molecule has 2 aromatic heterocycles. The molecule has 0 unspecified atom stereocenters. The van der Waals surface area contributed by atoms with Crippen molar-refractivity contribution in [2.45, 2.75) is 0 Å². The molecule has 304 valence electrons. The van der Waals surface area contributed by atoms with Gasteiger partial charge in [-0.15, -0.1) is 0 Å². The van der Waals surface area contributed by atoms with E-state index in [4.69, 9.17) is 4.42 Å². The van der Waals surface area contributed by atoms with Crippen LogP contribution in [-0.2, 0) is 0 Å². The zero-order valence-electron chi connectivity index (χ0n) is 35.4. The number of fused-ring (bicyclic) bond motifs is 9. The van der Waals surface area contributed by atoms with E-state index in [-0.39, 0.29) is 0 Å². The lowest BCUT2D eigenvalue weighted by atomic mass is 9.94. The Morgan fingerprint density at radius 1 is 0.338 bits per heavy atom. The van der Waals surface area contributed by atoms with Crippen LogP contribution < -0.4 is 4.90 Å². The van der Waals surface area contributed by atoms with E-state index in [1.807, 2.05) is 0 Å². The third-order valence-electron chi connectivity index (χ3n) is 13.2. The van der Waals surface area contributed by atoms with Gasteiger partial charge in [-0.05, 0) is 99.1 Å². The minimum atomic E-state index is 0.874. The number of anilines is 3. The van der Waals surface area contributed by atoms with Gasteiger partial charge in [0.1, 0.15) is 11.2 Å². The van der Waals surface area contributed by atoms with E-state index in [0.29, 0.717) is 0 Å². The Balaban J connectivity index is 0.999. The van der Waals surface area contributed by atoms with Gasteiger partial charge in [0.15, 0.2) is 0 Å². The van der Waals surface area contributed by atoms with Crippen LogP contribution in [-0.4, -0.2) is 4.57 Å². The number of para-hydroxylation sites is 4. The summed E-state index contributed by atoms with van der Waals surface area (Å²) in [7, 11) is 0. The average Bonchev–Trinajstić information content (AvgIpc) is 3.94. The van der Waals surface area contributed by atoms with Crippen molar-refractivity contribution in [1.82, 2.24) is 4.57 Å². The first kappa shape index (κ1) is 36.9. The minimum absolute atomic E-state index is 0.874. The summed E-state index contributed by atoms with van der Waals surface area (Å²) >= 11 is 0. The molecule has 13 aromatic rings. The van der Waals surface area contributed by atoms with Crippen molar-refractivity contribution in [3.05, 3.63) is 243 Å². The van der Waals surface area contributed by atoms with Crippen molar-refractivity contribution in [3.8, 4) is 39.1 Å². The molecule has 13 rings (SSSR count). The SMILES string of the molecule is c1cc(-c2ccc(N(c3ccccc3-c3cccc4ccccc34)c3ccccc3-c3cccc4oc5c6ccccc6ccc5c34)cc2)cc(-n2c3ccccc3c3ccccc32)c1. The number of hydrogen-bond donors (Lipinski definition) is 0. The highest BCUT2D eigenvalue weighted by Gasteiger charge is 2.24. The molecule has 3 heteroatoms. The van der Waals surface area contributed by atoms with Crippen molar-refractivity contribution < 1.29 is 4.42 Å². The normalized spacial score (nSPS) is 11.7. The second kappa shape index (κ2) is 15.0. The Kier molecular flexibility index (Phi) is 8.53. The summed E-state index contributed by atoms with van der Waals surface area (Å²) in [6, 6.07) is 87.7. The molecular formula is C62H40N2O. The van der Waals surface area contributed by atoms with Crippen LogP contribution in [0.2, 0.25) is 0 Å². The molecule has 0 aliphatic heterocycles. The Morgan fingerprint density at radius 2 is 0.877 bits per heavy atom. The zero-order valence-corrected chi connectivity index (χ0v) is 35.4. The lowest BCUT2D eigenvalue weighted by Crippen LogP contribution is -2.12. The highest BCUT2D eigenvalue weighted by molar-refractivity contribution is 6.20. The van der Waals surface area contributed by atoms with E-state index in [1.54, 1.807) is 0 Å². The number of benzene rings is 11. The van der Waals surface area contributed by atoms with E-state index < -0.39 is 0 Å². The summed E-state index contributed by atoms with van der Waals surface area (Å²) in [5, 5.41) is 9.45. The van der Waals surface area contributed by atoms with Gasteiger partial charge < -0.3 is 13.9 Å². The number of aromatic nitrogens is 1. The lowest BCUT2D eigenvalue weighted by molar-refractivity contribution is 0.673. The van der Waals surface area contributed by atoms with Gasteiger partial charge in [0, 0.05) is 49.4 Å². The van der Waals surface area contributed by atoms with E-state index >= 15 is 0 Å². The maximum absolute atomic E-state index is 6.73. The summed E-state index contributed by atoms with van der Waals surface area (Å²) in [5.74, 6) is 0. The molecular weight excluding hydrogens is 789 g/mol. The van der Waals surface area contributed by atoms with Gasteiger partial charge in [-0.2, -0.15) is 0 Å². The summed E-state index contributed by atoms with van der Waals surface area (Å²) in [6.07, 6.45) is 0. The summed E-state index contributed by atoms with van der Waals surface area (Å²) in [5.41, 5.74) is 15.4. The van der Waals surface area contributed by atoms with Gasteiger partial charge in [0.05, 0.1) is 22.4 Å². The number of nitrogens with zero attached hydrogens (tertiary/aromatic N) is 2. The largest absolute Gasteiger partial charge is 0.455 e. The first-order valence-corrected chi connectivity index (χ1v) is 22.3. The minimum Gasteiger partial charge on any atom is -0.455 e. The Morgan fingerprint density at radius 3 is 1.62 bits per heavy atom. The molecule has 0 saturated heterocycles. The van der Waals surface area contributed by atoms with Crippen LogP contribution in [0.25, 0.3) is 104 Å². The number of hydrogen-bond acceptors (Lipinski definition) is 2. The zero-order chi connectivity index (χ0) is 42.8. The Hall–Kier alpha value is -8.66. The fourth-order valence-electron chi connectivity index (χ4n) is 10.3. The molecule has 0 spiro atoms. The molecule has 3 nitrogen and oxygen atoms in total. The molecule has 0 amide bonds. The van der Waals surface area contributed by atoms with Crippen molar-refractivity contribution in [2.24, 2.45) is 0 Å². The Labute approximate surface area is 376 Å². The lowest BCUT2D eigenvalue weighted by Gasteiger charge is -2.30. The number of furan rings is 1. The number of rotatable bonds is 7. The molecule has 0 fully saturated rings. The van der Waals surface area contributed by atoms with Crippen molar-refractivity contribution in [2.75, 3.05) is 4.90 Å². The quantitative estimate of drug-likeness (QED) is 0.160. The molecule has 0 aliphatic carbocycles. The van der Waals surface area contributed by atoms with Crippen LogP contribution >= 0.6 is 0 Å². The van der Waals surface area contributed by atoms with Gasteiger partial charge in [-0.1, -0.05) is 182 Å². The van der Waals surface area contributed by atoms with Crippen LogP contribution in [0.1, 0.15) is 0 Å². The van der Waals surface area contributed by atoms with Gasteiger partial charge in [0.2, 0.25) is 0 Å². The summed E-state index contributed by atoms with van der Waals surface area (Å²) in [4.78, 5) is 2.45. The van der Waals surface area contributed by atoms with Crippen molar-refractivity contribution in [3.63, 3.8) is 0 Å². The molecule has 0 radical (unpaired) electrons. The standard InChI is InChI=1S/C62H40N2O/c1-3-21-47-42(16-1)18-14-27-49(47)50-23-5-9-29-56(50)63(59-32-12-8-26-53(59)54-28-15-33-60-61(54)55-39-36-43-17-2-4-22-48(43)62(55)65-60)45-37-34-41(35-38-45)44-19-13-20-46(40-44)64-57-30-10-6-24-51(57)52-25-7-11-31-58(52)64/h1-40H. The monoisotopic (exact) mass is 828 g/mol. The molecule has 0 bridgehead atoms. The molecule has 0 aliphatic rings. The molecule has 0 saturated carbocycles. The smallest absolute Gasteiger partial charge is 0.143 e. The van der Waals surface area contributed by atoms with Crippen LogP contribution in [0.3, 0.4) is 0 Å². The molecule has 0 atom stereocenters. The maximum Gasteiger partial charge on any atom is 0.143 e. The van der Waals surface area contributed by atoms with Gasteiger partial charge in [0.25, 0.3) is 0 Å². The predicted molar refractivity (Wildman–Crippen MR) is 274 cm³/mol. The van der Waals surface area contributed by atoms with Crippen LogP contribution in [0, 0.1) is 0 Å². The molecule has 65 heavy (non-hydrogen) atoms. The van der Waals surface area contributed by atoms with Crippen molar-refractivity contribution in [1.29, 1.82) is 0 Å². The van der Waals surface area contributed by atoms with E-state index in [2.05, 4.69) is 252 Å². The van der Waals surface area contributed by atoms with Gasteiger partial charge in [-0.25, -0.2) is 0 Å². The third-order valence-corrected chi connectivity index (χ3v) is 13.2. The van der Waals surface area contributed by atoms with E-state index in [1.165, 1.54) is 43.5 Å². The fraction of sp³-hybridized carbons (Fsp3) is 0. The van der Waals surface area contributed by atoms with E-state index in [9.17, 15) is 0 Å². The summed E-state index contributed by atoms with van der Waals surface area (Å²) in [6.45, 7) is 0. The highest BCUT2D eigenvalue weighted by atomic mass is 16.3. The molecule has 0 N–H and O–H groups in total. The second-order valence-electron chi connectivity index (χ2n) is 16.8. The topological polar surface area (TPSA) is 21.3 Å². The van der Waals surface area contributed by atoms with Crippen LogP contribution in [0.5, 0.6) is 0 Å². The maximum atomic E-state index is 6.73. The first-order valence-electron chi connectivity index (χ1n) is 22.3. The summed E-state index contributed by atoms with van der Waals surface area (Å²) < 4.78 is 9.12. The highest BCUT2D eigenvalue weighted by Crippen LogP contribution is 2.48. The first-order chi connectivity index (χ1) is 32.3. The molecule has 2 heterocycles. The Bertz CT molecular complexity index is 3910. The second-order valence-corrected chi connectivity index (χ2v) is 16.8. The average molecular weight is 829 g/mol. The van der Waals surface area contributed by atoms with Crippen LogP contribution in [0.15, 0.2) is 247 Å². The van der Waals surface area contributed by atoms with E-state index in [0.717, 1.165) is 77.9 Å². The van der Waals surface area contributed by atoms with Crippen LogP contribution in [0.4, 0.5) is 17.1 Å². The third kappa shape index (κ3) is 5.97. The van der Waals surface area contributed by atoms with Crippen molar-refractivity contribution >= 4 is 82.4 Å². The van der Waals surface area contributed by atoms with Gasteiger partial charge >= 0.3 is 0 Å². The fourth-order valence-corrected chi connectivity index (χ4v) is 10.3.